The first-order chi connectivity index (χ1) is 17.0. The average Bonchev–Trinajstić information content (AvgIpc) is 3.11. The summed E-state index contributed by atoms with van der Waals surface area (Å²) in [7, 11) is 0. The molecule has 1 aliphatic heterocycles. The van der Waals surface area contributed by atoms with Crippen molar-refractivity contribution in [3.05, 3.63) is 59.9 Å². The molecule has 4 rings (SSSR count). The number of nitrogens with one attached hydrogen (secondary N) is 2. The Kier molecular flexibility index (Phi) is 7.80. The second kappa shape index (κ2) is 11.2. The highest BCUT2D eigenvalue weighted by Gasteiger charge is 2.26. The molecular weight excluding hydrogens is 442 g/mol. The molecule has 2 heterocycles. The Morgan fingerprint density at radius 1 is 1.03 bits per heavy atom. The van der Waals surface area contributed by atoms with Crippen molar-refractivity contribution in [2.45, 2.75) is 59.0 Å². The molecule has 0 radical (unpaired) electrons. The number of ether oxygens (including phenoxy) is 1. The molecule has 2 N–H and O–H groups in total. The van der Waals surface area contributed by atoms with Crippen molar-refractivity contribution in [1.29, 1.82) is 0 Å². The fourth-order valence-electron chi connectivity index (χ4n) is 4.31. The van der Waals surface area contributed by atoms with E-state index in [-0.39, 0.29) is 17.7 Å². The number of carbonyl (C=O) groups excluding carboxylic acids is 2. The lowest BCUT2D eigenvalue weighted by Crippen LogP contribution is -2.47. The van der Waals surface area contributed by atoms with Crippen molar-refractivity contribution >= 4 is 17.5 Å². The number of fused-ring (bicyclic) bond motifs is 1. The highest BCUT2D eigenvalue weighted by molar-refractivity contribution is 6.02. The fraction of sp³-hybridized carbons (Fsp3) is 0.407. The Balaban J connectivity index is 1.45. The predicted octanol–water partition coefficient (Wildman–Crippen LogP) is 4.46. The van der Waals surface area contributed by atoms with Gasteiger partial charge in [0.1, 0.15) is 17.6 Å². The van der Waals surface area contributed by atoms with E-state index in [1.54, 1.807) is 18.2 Å². The molecule has 1 aliphatic rings. The normalized spacial score (nSPS) is 14.1. The molecule has 0 bridgehead atoms. The van der Waals surface area contributed by atoms with Gasteiger partial charge in [0.2, 0.25) is 5.91 Å². The van der Waals surface area contributed by atoms with Crippen molar-refractivity contribution < 1.29 is 14.3 Å². The molecule has 8 nitrogen and oxygen atoms in total. The van der Waals surface area contributed by atoms with E-state index < -0.39 is 6.04 Å². The number of amides is 2. The van der Waals surface area contributed by atoms with Gasteiger partial charge in [-0.15, -0.1) is 10.2 Å². The molecule has 8 heteroatoms. The van der Waals surface area contributed by atoms with Gasteiger partial charge in [0.05, 0.1) is 12.2 Å². The van der Waals surface area contributed by atoms with E-state index in [2.05, 4.69) is 25.4 Å². The molecule has 1 atom stereocenters. The van der Waals surface area contributed by atoms with Gasteiger partial charge >= 0.3 is 0 Å². The Morgan fingerprint density at radius 3 is 2.54 bits per heavy atom. The van der Waals surface area contributed by atoms with Crippen LogP contribution in [0, 0.1) is 5.92 Å². The molecule has 0 aliphatic carbocycles. The first-order valence-corrected chi connectivity index (χ1v) is 12.3. The summed E-state index contributed by atoms with van der Waals surface area (Å²) >= 11 is 0. The molecule has 184 valence electrons. The lowest BCUT2D eigenvalue weighted by atomic mass is 10.0. The van der Waals surface area contributed by atoms with E-state index >= 15 is 0 Å². The monoisotopic (exact) mass is 475 g/mol. The highest BCUT2D eigenvalue weighted by Crippen LogP contribution is 2.24. The number of hydrogen-bond acceptors (Lipinski definition) is 5. The molecule has 0 saturated carbocycles. The van der Waals surface area contributed by atoms with Crippen LogP contribution in [-0.2, 0) is 17.8 Å². The maximum Gasteiger partial charge on any atom is 0.255 e. The number of aryl methyl sites for hydroxylation is 1. The first kappa shape index (κ1) is 24.4. The quantitative estimate of drug-likeness (QED) is 0.501. The van der Waals surface area contributed by atoms with Crippen LogP contribution in [0.4, 0.5) is 5.69 Å². The summed E-state index contributed by atoms with van der Waals surface area (Å²) in [6.07, 6.45) is 4.44. The van der Waals surface area contributed by atoms with Crippen LogP contribution in [0.25, 0.3) is 11.4 Å². The van der Waals surface area contributed by atoms with Crippen molar-refractivity contribution in [3.63, 3.8) is 0 Å². The maximum atomic E-state index is 13.1. The Hall–Kier alpha value is -3.68. The number of benzene rings is 2. The van der Waals surface area contributed by atoms with Gasteiger partial charge in [0, 0.05) is 24.2 Å². The summed E-state index contributed by atoms with van der Waals surface area (Å²) in [6.45, 7) is 7.05. The van der Waals surface area contributed by atoms with Crippen molar-refractivity contribution in [1.82, 2.24) is 20.1 Å². The number of rotatable bonds is 8. The van der Waals surface area contributed by atoms with Gasteiger partial charge in [-0.2, -0.15) is 0 Å². The zero-order chi connectivity index (χ0) is 24.8. The second-order valence-corrected chi connectivity index (χ2v) is 9.09. The summed E-state index contributed by atoms with van der Waals surface area (Å²) in [5.74, 6) is 1.68. The molecule has 0 spiro atoms. The molecule has 0 fully saturated rings. The minimum Gasteiger partial charge on any atom is -0.493 e. The lowest BCUT2D eigenvalue weighted by molar-refractivity contribution is -0.118. The van der Waals surface area contributed by atoms with Crippen LogP contribution < -0.4 is 15.4 Å². The maximum absolute atomic E-state index is 13.1. The summed E-state index contributed by atoms with van der Waals surface area (Å²) in [5.41, 5.74) is 2.03. The zero-order valence-electron chi connectivity index (χ0n) is 20.6. The second-order valence-electron chi connectivity index (χ2n) is 9.09. The van der Waals surface area contributed by atoms with Gasteiger partial charge in [0.25, 0.3) is 5.91 Å². The Labute approximate surface area is 206 Å². The van der Waals surface area contributed by atoms with E-state index in [0.29, 0.717) is 23.6 Å². The van der Waals surface area contributed by atoms with Crippen LogP contribution in [0.15, 0.2) is 48.5 Å². The summed E-state index contributed by atoms with van der Waals surface area (Å²) < 4.78 is 7.77. The van der Waals surface area contributed by atoms with E-state index in [1.165, 1.54) is 6.42 Å². The van der Waals surface area contributed by atoms with E-state index in [1.807, 2.05) is 51.1 Å². The molecule has 3 aromatic rings. The largest absolute Gasteiger partial charge is 0.493 e. The van der Waals surface area contributed by atoms with Crippen LogP contribution in [-0.4, -0.2) is 39.2 Å². The standard InChI is InChI=1S/C27H33N5O3/c1-4-35-22-11-8-7-10-21(22)26(33)29-24(18(2)3)27(34)28-20-15-13-19(14-16-20)25-31-30-23-12-6-5-9-17-32(23)25/h7-8,10-11,13-16,18,24H,4-6,9,12,17H2,1-3H3,(H,28,34)(H,29,33)/t24-/m1/s1. The number of para-hydroxylation sites is 1. The minimum atomic E-state index is -0.705. The molecule has 35 heavy (non-hydrogen) atoms. The molecule has 2 aromatic carbocycles. The number of anilines is 1. The molecule has 1 aromatic heterocycles. The fourth-order valence-corrected chi connectivity index (χ4v) is 4.31. The van der Waals surface area contributed by atoms with Crippen LogP contribution in [0.5, 0.6) is 5.75 Å². The lowest BCUT2D eigenvalue weighted by Gasteiger charge is -2.22. The van der Waals surface area contributed by atoms with Crippen LogP contribution in [0.2, 0.25) is 0 Å². The molecule has 2 amide bonds. The highest BCUT2D eigenvalue weighted by atomic mass is 16.5. The molecule has 0 unspecified atom stereocenters. The van der Waals surface area contributed by atoms with Crippen LogP contribution >= 0.6 is 0 Å². The van der Waals surface area contributed by atoms with Gasteiger partial charge in [0.15, 0.2) is 5.82 Å². The summed E-state index contributed by atoms with van der Waals surface area (Å²) in [5, 5.41) is 14.6. The molecular formula is C27H33N5O3. The number of hydrogen-bond donors (Lipinski definition) is 2. The number of aromatic nitrogens is 3. The van der Waals surface area contributed by atoms with Gasteiger partial charge in [-0.25, -0.2) is 0 Å². The Morgan fingerprint density at radius 2 is 1.80 bits per heavy atom. The van der Waals surface area contributed by atoms with Gasteiger partial charge < -0.3 is 19.9 Å². The predicted molar refractivity (Wildman–Crippen MR) is 135 cm³/mol. The van der Waals surface area contributed by atoms with Crippen LogP contribution in [0.3, 0.4) is 0 Å². The average molecular weight is 476 g/mol. The third kappa shape index (κ3) is 5.70. The minimum absolute atomic E-state index is 0.107. The van der Waals surface area contributed by atoms with Gasteiger partial charge in [-0.05, 0) is 62.1 Å². The van der Waals surface area contributed by atoms with Gasteiger partial charge in [-0.1, -0.05) is 32.4 Å². The van der Waals surface area contributed by atoms with Crippen molar-refractivity contribution in [3.8, 4) is 17.1 Å². The van der Waals surface area contributed by atoms with Crippen molar-refractivity contribution in [2.75, 3.05) is 11.9 Å². The SMILES string of the molecule is CCOc1ccccc1C(=O)N[C@@H](C(=O)Nc1ccc(-c2nnc3n2CCCCC3)cc1)C(C)C. The van der Waals surface area contributed by atoms with E-state index in [0.717, 1.165) is 43.0 Å². The topological polar surface area (TPSA) is 98.1 Å². The first-order valence-electron chi connectivity index (χ1n) is 12.3. The Bertz CT molecular complexity index is 1170. The third-order valence-corrected chi connectivity index (χ3v) is 6.19. The van der Waals surface area contributed by atoms with Crippen LogP contribution in [0.1, 0.15) is 56.2 Å². The smallest absolute Gasteiger partial charge is 0.255 e. The zero-order valence-corrected chi connectivity index (χ0v) is 20.6. The van der Waals surface area contributed by atoms with Crippen molar-refractivity contribution in [2.24, 2.45) is 5.92 Å². The van der Waals surface area contributed by atoms with Gasteiger partial charge in [-0.3, -0.25) is 9.59 Å². The summed E-state index contributed by atoms with van der Waals surface area (Å²) in [4.78, 5) is 26.0. The number of nitrogens with zero attached hydrogens (tertiary/aromatic N) is 3. The van der Waals surface area contributed by atoms with E-state index in [4.69, 9.17) is 4.74 Å². The third-order valence-electron chi connectivity index (χ3n) is 6.19. The van der Waals surface area contributed by atoms with E-state index in [9.17, 15) is 9.59 Å². The molecule has 0 saturated heterocycles. The summed E-state index contributed by atoms with van der Waals surface area (Å²) in [6, 6.07) is 13.9. The number of carbonyl (C=O) groups is 2.